The van der Waals surface area contributed by atoms with Crippen LogP contribution in [-0.4, -0.2) is 40.5 Å². The summed E-state index contributed by atoms with van der Waals surface area (Å²) in [5, 5.41) is 3.30. The van der Waals surface area contributed by atoms with Crippen molar-refractivity contribution in [1.29, 1.82) is 0 Å². The molecule has 4 rings (SSSR count). The second-order valence-corrected chi connectivity index (χ2v) is 7.21. The van der Waals surface area contributed by atoms with Gasteiger partial charge in [-0.15, -0.1) is 0 Å². The van der Waals surface area contributed by atoms with Crippen molar-refractivity contribution in [3.8, 4) is 0 Å². The quantitative estimate of drug-likeness (QED) is 0.613. The van der Waals surface area contributed by atoms with Crippen LogP contribution in [0.1, 0.15) is 33.4 Å². The van der Waals surface area contributed by atoms with Crippen molar-refractivity contribution >= 4 is 29.3 Å². The molecule has 0 saturated carbocycles. The van der Waals surface area contributed by atoms with Crippen LogP contribution in [0, 0.1) is 5.82 Å². The summed E-state index contributed by atoms with van der Waals surface area (Å²) in [7, 11) is 1.19. The van der Waals surface area contributed by atoms with Gasteiger partial charge in [0.2, 0.25) is 0 Å². The van der Waals surface area contributed by atoms with Crippen molar-refractivity contribution in [3.63, 3.8) is 0 Å². The Morgan fingerprint density at radius 2 is 2.03 bits per heavy atom. The number of aromatic amines is 1. The molecule has 1 atom stereocenters. The van der Waals surface area contributed by atoms with E-state index in [0.29, 0.717) is 18.0 Å². The van der Waals surface area contributed by atoms with Gasteiger partial charge in [-0.25, -0.2) is 19.0 Å². The highest BCUT2D eigenvalue weighted by atomic mass is 35.5. The molecule has 0 spiro atoms. The van der Waals surface area contributed by atoms with Gasteiger partial charge in [-0.2, -0.15) is 0 Å². The minimum atomic E-state index is -0.743. The number of halogens is 2. The molecule has 2 N–H and O–H groups in total. The average molecular weight is 429 g/mol. The molecular weight excluding hydrogens is 411 g/mol. The number of amides is 2. The molecule has 2 heterocycles. The van der Waals surface area contributed by atoms with E-state index in [9.17, 15) is 14.0 Å². The molecule has 0 aliphatic carbocycles. The standard InChI is InChI=1S/C21H18ClFN4O3/c1-30-20(28)15-10-14(23)6-7-16(15)26-21(29)27-9-8-17-18(25-11-24-17)19(27)12-2-4-13(22)5-3-12/h2-7,10-11,19H,8-9H2,1H3,(H,24,25)(H,26,29)/t19-/m1/s1. The lowest BCUT2D eigenvalue weighted by Crippen LogP contribution is -2.43. The number of carbonyl (C=O) groups is 2. The monoisotopic (exact) mass is 428 g/mol. The molecule has 2 aromatic carbocycles. The molecule has 7 nitrogen and oxygen atoms in total. The Hall–Kier alpha value is -3.39. The van der Waals surface area contributed by atoms with Gasteiger partial charge < -0.3 is 19.9 Å². The molecule has 1 aliphatic heterocycles. The van der Waals surface area contributed by atoms with Gasteiger partial charge in [0, 0.05) is 23.7 Å². The third-order valence-electron chi connectivity index (χ3n) is 5.00. The number of fused-ring (bicyclic) bond motifs is 1. The van der Waals surface area contributed by atoms with Gasteiger partial charge >= 0.3 is 12.0 Å². The van der Waals surface area contributed by atoms with Crippen LogP contribution in [-0.2, 0) is 11.2 Å². The van der Waals surface area contributed by atoms with Crippen LogP contribution in [0.4, 0.5) is 14.9 Å². The van der Waals surface area contributed by atoms with E-state index in [1.54, 1.807) is 23.4 Å². The number of hydrogen-bond donors (Lipinski definition) is 2. The number of ether oxygens (including phenoxy) is 1. The summed E-state index contributed by atoms with van der Waals surface area (Å²) in [5.41, 5.74) is 2.64. The number of H-pyrrole nitrogens is 1. The summed E-state index contributed by atoms with van der Waals surface area (Å²) in [6.45, 7) is 0.420. The Morgan fingerprint density at radius 3 is 2.77 bits per heavy atom. The van der Waals surface area contributed by atoms with E-state index in [-0.39, 0.29) is 11.3 Å². The van der Waals surface area contributed by atoms with Crippen LogP contribution >= 0.6 is 11.6 Å². The number of nitrogens with one attached hydrogen (secondary N) is 2. The maximum Gasteiger partial charge on any atom is 0.340 e. The molecule has 0 radical (unpaired) electrons. The van der Waals surface area contributed by atoms with Crippen LogP contribution < -0.4 is 5.32 Å². The summed E-state index contributed by atoms with van der Waals surface area (Å²) >= 11 is 6.02. The number of imidazole rings is 1. The molecule has 30 heavy (non-hydrogen) atoms. The highest BCUT2D eigenvalue weighted by Gasteiger charge is 2.34. The first kappa shape index (κ1) is 19.9. The zero-order valence-corrected chi connectivity index (χ0v) is 16.7. The minimum absolute atomic E-state index is 0.0636. The van der Waals surface area contributed by atoms with Gasteiger partial charge in [0.05, 0.1) is 30.4 Å². The number of carbonyl (C=O) groups excluding carboxylic acids is 2. The predicted octanol–water partition coefficient (Wildman–Crippen LogP) is 4.17. The summed E-state index contributed by atoms with van der Waals surface area (Å²) in [6, 6.07) is 9.83. The topological polar surface area (TPSA) is 87.3 Å². The van der Waals surface area contributed by atoms with Crippen LogP contribution in [0.25, 0.3) is 0 Å². The van der Waals surface area contributed by atoms with Crippen molar-refractivity contribution in [3.05, 3.63) is 82.1 Å². The Balaban J connectivity index is 1.68. The number of esters is 1. The number of benzene rings is 2. The smallest absolute Gasteiger partial charge is 0.340 e. The molecule has 0 saturated heterocycles. The first-order valence-electron chi connectivity index (χ1n) is 9.21. The van der Waals surface area contributed by atoms with E-state index in [4.69, 9.17) is 16.3 Å². The second kappa shape index (κ2) is 8.16. The van der Waals surface area contributed by atoms with Crippen molar-refractivity contribution in [1.82, 2.24) is 14.9 Å². The maximum atomic E-state index is 13.6. The molecule has 1 aliphatic rings. The van der Waals surface area contributed by atoms with Gasteiger partial charge in [0.1, 0.15) is 11.9 Å². The highest BCUT2D eigenvalue weighted by molar-refractivity contribution is 6.30. The number of aromatic nitrogens is 2. The Morgan fingerprint density at radius 1 is 1.27 bits per heavy atom. The number of urea groups is 1. The van der Waals surface area contributed by atoms with Crippen LogP contribution in [0.15, 0.2) is 48.8 Å². The molecule has 3 aromatic rings. The number of methoxy groups -OCH3 is 1. The van der Waals surface area contributed by atoms with Gasteiger partial charge in [0.15, 0.2) is 0 Å². The van der Waals surface area contributed by atoms with Gasteiger partial charge in [-0.05, 0) is 35.9 Å². The van der Waals surface area contributed by atoms with Crippen molar-refractivity contribution < 1.29 is 18.7 Å². The van der Waals surface area contributed by atoms with E-state index in [1.807, 2.05) is 12.1 Å². The Kier molecular flexibility index (Phi) is 5.41. The molecule has 1 aromatic heterocycles. The summed E-state index contributed by atoms with van der Waals surface area (Å²) in [5.74, 6) is -1.35. The van der Waals surface area contributed by atoms with E-state index < -0.39 is 23.9 Å². The molecular formula is C21H18ClFN4O3. The molecule has 154 valence electrons. The third kappa shape index (κ3) is 3.73. The number of nitrogens with zero attached hydrogens (tertiary/aromatic N) is 2. The summed E-state index contributed by atoms with van der Waals surface area (Å²) in [6.07, 6.45) is 2.20. The number of hydrogen-bond acceptors (Lipinski definition) is 4. The second-order valence-electron chi connectivity index (χ2n) is 6.78. The number of rotatable bonds is 3. The van der Waals surface area contributed by atoms with Gasteiger partial charge in [-0.3, -0.25) is 0 Å². The lowest BCUT2D eigenvalue weighted by molar-refractivity contribution is 0.0601. The van der Waals surface area contributed by atoms with E-state index in [1.165, 1.54) is 19.2 Å². The average Bonchev–Trinajstić information content (AvgIpc) is 3.23. The highest BCUT2D eigenvalue weighted by Crippen LogP contribution is 2.34. The van der Waals surface area contributed by atoms with Crippen LogP contribution in [0.5, 0.6) is 0 Å². The van der Waals surface area contributed by atoms with Crippen molar-refractivity contribution in [2.75, 3.05) is 19.0 Å². The van der Waals surface area contributed by atoms with Gasteiger partial charge in [-0.1, -0.05) is 23.7 Å². The fourth-order valence-corrected chi connectivity index (χ4v) is 3.70. The van der Waals surface area contributed by atoms with Crippen molar-refractivity contribution in [2.45, 2.75) is 12.5 Å². The molecule has 2 amide bonds. The molecule has 0 bridgehead atoms. The van der Waals surface area contributed by atoms with Crippen LogP contribution in [0.3, 0.4) is 0 Å². The predicted molar refractivity (Wildman–Crippen MR) is 109 cm³/mol. The van der Waals surface area contributed by atoms with Gasteiger partial charge in [0.25, 0.3) is 0 Å². The fraction of sp³-hybridized carbons (Fsp3) is 0.190. The SMILES string of the molecule is COC(=O)c1cc(F)ccc1NC(=O)N1CCc2[nH]cnc2[C@H]1c1ccc(Cl)cc1. The minimum Gasteiger partial charge on any atom is -0.465 e. The lowest BCUT2D eigenvalue weighted by atomic mass is 9.96. The number of anilines is 1. The lowest BCUT2D eigenvalue weighted by Gasteiger charge is -2.35. The molecule has 0 fully saturated rings. The molecule has 9 heteroatoms. The fourth-order valence-electron chi connectivity index (χ4n) is 3.57. The van der Waals surface area contributed by atoms with E-state index >= 15 is 0 Å². The van der Waals surface area contributed by atoms with E-state index in [0.717, 1.165) is 23.0 Å². The zero-order chi connectivity index (χ0) is 21.3. The van der Waals surface area contributed by atoms with Crippen LogP contribution in [0.2, 0.25) is 5.02 Å². The normalized spacial score (nSPS) is 15.4. The van der Waals surface area contributed by atoms with E-state index in [2.05, 4.69) is 15.3 Å². The zero-order valence-electron chi connectivity index (χ0n) is 16.0. The Bertz CT molecular complexity index is 1100. The first-order valence-corrected chi connectivity index (χ1v) is 9.59. The summed E-state index contributed by atoms with van der Waals surface area (Å²) < 4.78 is 18.3. The maximum absolute atomic E-state index is 13.6. The first-order chi connectivity index (χ1) is 14.5. The Labute approximate surface area is 176 Å². The third-order valence-corrected chi connectivity index (χ3v) is 5.25. The largest absolute Gasteiger partial charge is 0.465 e. The summed E-state index contributed by atoms with van der Waals surface area (Å²) in [4.78, 5) is 34.4. The van der Waals surface area contributed by atoms with Crippen molar-refractivity contribution in [2.24, 2.45) is 0 Å². The molecule has 0 unspecified atom stereocenters.